The monoisotopic (exact) mass is 477 g/mol. The van der Waals surface area contributed by atoms with Crippen molar-refractivity contribution in [3.63, 3.8) is 0 Å². The molecule has 178 valence electrons. The zero-order valence-corrected chi connectivity index (χ0v) is 19.5. The van der Waals surface area contributed by atoms with E-state index in [1.807, 2.05) is 0 Å². The molecule has 2 N–H and O–H groups in total. The molecule has 2 aromatic rings. The molecular weight excluding hydrogens is 450 g/mol. The molecule has 2 amide bonds. The first-order valence-electron chi connectivity index (χ1n) is 10.3. The summed E-state index contributed by atoms with van der Waals surface area (Å²) in [6.45, 7) is 5.54. The number of benzene rings is 2. The molecule has 0 unspecified atom stereocenters. The highest BCUT2D eigenvalue weighted by atomic mass is 32.2. The van der Waals surface area contributed by atoms with E-state index < -0.39 is 34.6 Å². The first kappa shape index (κ1) is 25.8. The summed E-state index contributed by atoms with van der Waals surface area (Å²) in [5, 5.41) is 5.01. The Balaban J connectivity index is 1.93. The summed E-state index contributed by atoms with van der Waals surface area (Å²) in [5.41, 5.74) is 0.838. The average Bonchev–Trinajstić information content (AvgIpc) is 2.79. The molecule has 0 spiro atoms. The van der Waals surface area contributed by atoms with E-state index in [-0.39, 0.29) is 17.1 Å². The molecule has 0 aliphatic heterocycles. The van der Waals surface area contributed by atoms with Crippen molar-refractivity contribution < 1.29 is 32.3 Å². The Kier molecular flexibility index (Phi) is 9.37. The molecule has 0 saturated carbocycles. The number of amides is 2. The molecule has 0 fully saturated rings. The van der Waals surface area contributed by atoms with Crippen LogP contribution in [0.5, 0.6) is 0 Å². The van der Waals surface area contributed by atoms with E-state index in [4.69, 9.17) is 9.47 Å². The quantitative estimate of drug-likeness (QED) is 0.503. The van der Waals surface area contributed by atoms with Gasteiger partial charge in [0.2, 0.25) is 10.0 Å². The molecule has 2 rings (SSSR count). The van der Waals surface area contributed by atoms with Crippen molar-refractivity contribution >= 4 is 39.4 Å². The summed E-state index contributed by atoms with van der Waals surface area (Å²) in [7, 11) is -3.60. The maximum atomic E-state index is 12.5. The second kappa shape index (κ2) is 12.0. The molecule has 0 bridgehead atoms. The maximum absolute atomic E-state index is 12.5. The Labute approximate surface area is 192 Å². The van der Waals surface area contributed by atoms with Crippen LogP contribution in [0.2, 0.25) is 0 Å². The fourth-order valence-electron chi connectivity index (χ4n) is 2.84. The third-order valence-electron chi connectivity index (χ3n) is 4.44. The first-order chi connectivity index (χ1) is 15.7. The SMILES string of the molecule is CCOC(=O)Nc1cccc(C(=O)OCC(=O)Nc2ccc(S(=O)(=O)N(CC)CC)cc2)c1. The summed E-state index contributed by atoms with van der Waals surface area (Å²) in [6.07, 6.45) is -0.654. The number of rotatable bonds is 10. The Bertz CT molecular complexity index is 1080. The van der Waals surface area contributed by atoms with Crippen molar-refractivity contribution in [2.75, 3.05) is 36.9 Å². The van der Waals surface area contributed by atoms with Crippen molar-refractivity contribution in [1.82, 2.24) is 4.31 Å². The van der Waals surface area contributed by atoms with E-state index in [0.29, 0.717) is 24.5 Å². The minimum absolute atomic E-state index is 0.118. The highest BCUT2D eigenvalue weighted by molar-refractivity contribution is 7.89. The number of hydrogen-bond donors (Lipinski definition) is 2. The van der Waals surface area contributed by atoms with Crippen LogP contribution in [0.4, 0.5) is 16.2 Å². The lowest BCUT2D eigenvalue weighted by atomic mass is 10.2. The summed E-state index contributed by atoms with van der Waals surface area (Å²) in [6, 6.07) is 11.7. The molecule has 33 heavy (non-hydrogen) atoms. The molecule has 0 heterocycles. The van der Waals surface area contributed by atoms with Crippen LogP contribution in [-0.4, -0.2) is 57.0 Å². The lowest BCUT2D eigenvalue weighted by Crippen LogP contribution is -2.30. The number of ether oxygens (including phenoxy) is 2. The predicted octanol–water partition coefficient (Wildman–Crippen LogP) is 3.08. The molecule has 0 saturated heterocycles. The first-order valence-corrected chi connectivity index (χ1v) is 11.8. The van der Waals surface area contributed by atoms with E-state index in [1.54, 1.807) is 32.9 Å². The summed E-state index contributed by atoms with van der Waals surface area (Å²) < 4.78 is 36.1. The number of anilines is 2. The van der Waals surface area contributed by atoms with Gasteiger partial charge in [0.25, 0.3) is 5.91 Å². The second-order valence-corrected chi connectivity index (χ2v) is 8.60. The molecule has 0 aliphatic rings. The number of nitrogens with zero attached hydrogens (tertiary/aromatic N) is 1. The third kappa shape index (κ3) is 7.29. The van der Waals surface area contributed by atoms with Crippen LogP contribution in [0.1, 0.15) is 31.1 Å². The largest absolute Gasteiger partial charge is 0.452 e. The van der Waals surface area contributed by atoms with Crippen molar-refractivity contribution in [2.45, 2.75) is 25.7 Å². The van der Waals surface area contributed by atoms with E-state index in [1.165, 1.54) is 40.7 Å². The molecule has 0 aliphatic carbocycles. The number of carbonyl (C=O) groups excluding carboxylic acids is 3. The minimum atomic E-state index is -3.60. The number of esters is 1. The average molecular weight is 478 g/mol. The van der Waals surface area contributed by atoms with Crippen LogP contribution in [0, 0.1) is 0 Å². The van der Waals surface area contributed by atoms with Gasteiger partial charge >= 0.3 is 12.1 Å². The van der Waals surface area contributed by atoms with Gasteiger partial charge in [-0.05, 0) is 49.4 Å². The molecule has 10 nitrogen and oxygen atoms in total. The molecular formula is C22H27N3O7S. The van der Waals surface area contributed by atoms with E-state index >= 15 is 0 Å². The predicted molar refractivity (Wildman–Crippen MR) is 123 cm³/mol. The number of carbonyl (C=O) groups is 3. The lowest BCUT2D eigenvalue weighted by molar-refractivity contribution is -0.119. The molecule has 0 atom stereocenters. The molecule has 0 radical (unpaired) electrons. The van der Waals surface area contributed by atoms with Gasteiger partial charge in [0.1, 0.15) is 0 Å². The summed E-state index contributed by atoms with van der Waals surface area (Å²) >= 11 is 0. The standard InChI is InChI=1S/C22H27N3O7S/c1-4-25(5-2)33(29,30)19-12-10-17(11-13-19)23-20(26)15-32-21(27)16-8-7-9-18(14-16)24-22(28)31-6-3/h7-14H,4-6,15H2,1-3H3,(H,23,26)(H,24,28). The van der Waals surface area contributed by atoms with Gasteiger partial charge in [0, 0.05) is 24.5 Å². The van der Waals surface area contributed by atoms with Gasteiger partial charge < -0.3 is 14.8 Å². The Morgan fingerprint density at radius 1 is 0.879 bits per heavy atom. The van der Waals surface area contributed by atoms with Gasteiger partial charge in [-0.15, -0.1) is 0 Å². The van der Waals surface area contributed by atoms with Crippen molar-refractivity contribution in [3.8, 4) is 0 Å². The lowest BCUT2D eigenvalue weighted by Gasteiger charge is -2.18. The van der Waals surface area contributed by atoms with Crippen LogP contribution in [0.3, 0.4) is 0 Å². The van der Waals surface area contributed by atoms with Crippen molar-refractivity contribution in [2.24, 2.45) is 0 Å². The maximum Gasteiger partial charge on any atom is 0.411 e. The van der Waals surface area contributed by atoms with Gasteiger partial charge in [0.05, 0.1) is 17.1 Å². The zero-order chi connectivity index (χ0) is 24.4. The molecule has 11 heteroatoms. The molecule has 0 aromatic heterocycles. The second-order valence-electron chi connectivity index (χ2n) is 6.66. The van der Waals surface area contributed by atoms with E-state index in [9.17, 15) is 22.8 Å². The summed E-state index contributed by atoms with van der Waals surface area (Å²) in [5.74, 6) is -1.35. The van der Waals surface area contributed by atoms with Gasteiger partial charge in [-0.25, -0.2) is 18.0 Å². The smallest absolute Gasteiger partial charge is 0.411 e. The topological polar surface area (TPSA) is 131 Å². The number of hydrogen-bond acceptors (Lipinski definition) is 7. The highest BCUT2D eigenvalue weighted by Crippen LogP contribution is 2.18. The van der Waals surface area contributed by atoms with Gasteiger partial charge in [-0.2, -0.15) is 4.31 Å². The van der Waals surface area contributed by atoms with Crippen molar-refractivity contribution in [1.29, 1.82) is 0 Å². The number of nitrogens with one attached hydrogen (secondary N) is 2. The van der Waals surface area contributed by atoms with Gasteiger partial charge in [-0.1, -0.05) is 19.9 Å². The van der Waals surface area contributed by atoms with E-state index in [2.05, 4.69) is 10.6 Å². The normalized spacial score (nSPS) is 11.0. The Morgan fingerprint density at radius 2 is 1.55 bits per heavy atom. The zero-order valence-electron chi connectivity index (χ0n) is 18.7. The van der Waals surface area contributed by atoms with Crippen LogP contribution in [0.15, 0.2) is 53.4 Å². The third-order valence-corrected chi connectivity index (χ3v) is 6.50. The van der Waals surface area contributed by atoms with E-state index in [0.717, 1.165) is 0 Å². The fraction of sp³-hybridized carbons (Fsp3) is 0.318. The van der Waals surface area contributed by atoms with Gasteiger partial charge in [-0.3, -0.25) is 10.1 Å². The van der Waals surface area contributed by atoms with Gasteiger partial charge in [0.15, 0.2) is 6.61 Å². The fourth-order valence-corrected chi connectivity index (χ4v) is 4.30. The molecule has 2 aromatic carbocycles. The van der Waals surface area contributed by atoms with Crippen LogP contribution >= 0.6 is 0 Å². The van der Waals surface area contributed by atoms with Crippen LogP contribution < -0.4 is 10.6 Å². The number of sulfonamides is 1. The van der Waals surface area contributed by atoms with Crippen molar-refractivity contribution in [3.05, 3.63) is 54.1 Å². The Hall–Kier alpha value is -3.44. The Morgan fingerprint density at radius 3 is 2.15 bits per heavy atom. The highest BCUT2D eigenvalue weighted by Gasteiger charge is 2.21. The minimum Gasteiger partial charge on any atom is -0.452 e. The summed E-state index contributed by atoms with van der Waals surface area (Å²) in [4.78, 5) is 36.0. The van der Waals surface area contributed by atoms with Crippen LogP contribution in [0.25, 0.3) is 0 Å². The van der Waals surface area contributed by atoms with Crippen LogP contribution in [-0.2, 0) is 24.3 Å².